The number of hydrogen-bond donors (Lipinski definition) is 4. The fraction of sp³-hybridized carbons (Fsp3) is 0.526. The number of β-amino-alcohol motifs (C(OH)–C–C–N with tert-alkyl or cyclic N) is 1. The van der Waals surface area contributed by atoms with Crippen LogP contribution < -0.4 is 10.0 Å². The number of nitrogens with zero attached hydrogens (tertiary/aromatic N) is 1. The number of carbonyl (C=O) groups excluding carboxylic acids is 2. The van der Waals surface area contributed by atoms with Gasteiger partial charge in [0.1, 0.15) is 0 Å². The molecule has 2 rings (SSSR count). The van der Waals surface area contributed by atoms with Crippen molar-refractivity contribution in [3.05, 3.63) is 35.9 Å². The largest absolute Gasteiger partial charge is 0.483 e. The number of rotatable bonds is 8. The molecule has 1 aliphatic heterocycles. The molecule has 1 heterocycles. The van der Waals surface area contributed by atoms with Crippen molar-refractivity contribution in [2.45, 2.75) is 37.8 Å². The summed E-state index contributed by atoms with van der Waals surface area (Å²) in [7, 11) is -3.45. The molecule has 0 bridgehead atoms. The SMILES string of the molecule is CS(=O)(=O)NCC(=O)N[C@H]1C[C@@H](O)CN(C(=O)CCCc2ccccc2)C1.O=CO. The van der Waals surface area contributed by atoms with Gasteiger partial charge in [-0.25, -0.2) is 13.1 Å². The third-order valence-electron chi connectivity index (χ3n) is 4.34. The highest BCUT2D eigenvalue weighted by molar-refractivity contribution is 7.88. The lowest BCUT2D eigenvalue weighted by Crippen LogP contribution is -2.55. The summed E-state index contributed by atoms with van der Waals surface area (Å²) in [6, 6.07) is 9.51. The summed E-state index contributed by atoms with van der Waals surface area (Å²) in [4.78, 5) is 34.2. The van der Waals surface area contributed by atoms with Crippen LogP contribution in [0, 0.1) is 0 Å². The lowest BCUT2D eigenvalue weighted by Gasteiger charge is -2.36. The third-order valence-corrected chi connectivity index (χ3v) is 5.01. The zero-order chi connectivity index (χ0) is 22.6. The van der Waals surface area contributed by atoms with Crippen LogP contribution in [0.1, 0.15) is 24.8 Å². The van der Waals surface area contributed by atoms with E-state index in [-0.39, 0.29) is 25.5 Å². The Kier molecular flexibility index (Phi) is 11.0. The van der Waals surface area contributed by atoms with Gasteiger partial charge in [-0.15, -0.1) is 0 Å². The Morgan fingerprint density at radius 1 is 1.23 bits per heavy atom. The number of aliphatic hydroxyl groups excluding tert-OH is 1. The number of nitrogens with one attached hydrogen (secondary N) is 2. The number of likely N-dealkylation sites (tertiary alicyclic amines) is 1. The first kappa shape index (κ1) is 25.5. The molecule has 2 atom stereocenters. The molecule has 0 aliphatic carbocycles. The molecule has 0 spiro atoms. The van der Waals surface area contributed by atoms with E-state index >= 15 is 0 Å². The standard InChI is InChI=1S/C18H27N3O5S.CH2O2/c1-27(25,26)19-11-17(23)20-15-10-16(22)13-21(12-15)18(24)9-5-8-14-6-3-2-4-7-14;2-1-3/h2-4,6-7,15-16,19,22H,5,8-13H2,1H3,(H,20,23);1H,(H,2,3)/t15-,16+;/m0./s1. The van der Waals surface area contributed by atoms with Crippen molar-refractivity contribution in [2.24, 2.45) is 0 Å². The van der Waals surface area contributed by atoms with E-state index in [9.17, 15) is 23.1 Å². The Morgan fingerprint density at radius 3 is 2.47 bits per heavy atom. The highest BCUT2D eigenvalue weighted by atomic mass is 32.2. The summed E-state index contributed by atoms with van der Waals surface area (Å²) >= 11 is 0. The molecule has 10 nitrogen and oxygen atoms in total. The minimum absolute atomic E-state index is 0.0572. The molecule has 168 valence electrons. The van der Waals surface area contributed by atoms with E-state index in [2.05, 4.69) is 10.0 Å². The van der Waals surface area contributed by atoms with E-state index in [0.29, 0.717) is 25.8 Å². The summed E-state index contributed by atoms with van der Waals surface area (Å²) in [5.74, 6) is -0.547. The van der Waals surface area contributed by atoms with Gasteiger partial charge in [-0.1, -0.05) is 30.3 Å². The molecule has 0 radical (unpaired) electrons. The van der Waals surface area contributed by atoms with E-state index in [1.807, 2.05) is 30.3 Å². The van der Waals surface area contributed by atoms with Crippen LogP contribution in [0.2, 0.25) is 0 Å². The zero-order valence-electron chi connectivity index (χ0n) is 16.9. The Morgan fingerprint density at radius 2 is 1.87 bits per heavy atom. The molecule has 1 saturated heterocycles. The van der Waals surface area contributed by atoms with Gasteiger partial charge in [-0.05, 0) is 24.8 Å². The Hall–Kier alpha value is -2.50. The molecule has 0 unspecified atom stereocenters. The van der Waals surface area contributed by atoms with Crippen LogP contribution >= 0.6 is 0 Å². The van der Waals surface area contributed by atoms with Crippen molar-refractivity contribution in [2.75, 3.05) is 25.9 Å². The molecule has 2 amide bonds. The fourth-order valence-corrected chi connectivity index (χ4v) is 3.50. The van der Waals surface area contributed by atoms with Crippen LogP contribution in [-0.2, 0) is 30.8 Å². The van der Waals surface area contributed by atoms with Crippen LogP contribution in [0.5, 0.6) is 0 Å². The highest BCUT2D eigenvalue weighted by Gasteiger charge is 2.29. The summed E-state index contributed by atoms with van der Waals surface area (Å²) < 4.78 is 24.2. The number of aryl methyl sites for hydroxylation is 1. The molecular weight excluding hydrogens is 414 g/mol. The van der Waals surface area contributed by atoms with Crippen molar-refractivity contribution in [1.82, 2.24) is 14.9 Å². The molecule has 11 heteroatoms. The van der Waals surface area contributed by atoms with Gasteiger partial charge < -0.3 is 20.4 Å². The number of amides is 2. The second-order valence-electron chi connectivity index (χ2n) is 6.99. The molecule has 0 aromatic heterocycles. The Bertz CT molecular complexity index is 787. The third kappa shape index (κ3) is 10.9. The lowest BCUT2D eigenvalue weighted by atomic mass is 10.0. The van der Waals surface area contributed by atoms with Crippen LogP contribution in [0.15, 0.2) is 30.3 Å². The Balaban J connectivity index is 0.00000141. The van der Waals surface area contributed by atoms with Crippen molar-refractivity contribution in [3.8, 4) is 0 Å². The first-order chi connectivity index (χ1) is 14.1. The van der Waals surface area contributed by atoms with Crippen molar-refractivity contribution in [3.63, 3.8) is 0 Å². The number of carboxylic acid groups (broad SMARTS) is 1. The van der Waals surface area contributed by atoms with Crippen LogP contribution in [0.4, 0.5) is 0 Å². The summed E-state index contributed by atoms with van der Waals surface area (Å²) in [6.07, 6.45) is 2.48. The second kappa shape index (κ2) is 12.9. The van der Waals surface area contributed by atoms with Crippen LogP contribution in [0.3, 0.4) is 0 Å². The number of carbonyl (C=O) groups is 3. The predicted molar refractivity (Wildman–Crippen MR) is 110 cm³/mol. The molecule has 1 aliphatic rings. The maximum atomic E-state index is 12.4. The first-order valence-electron chi connectivity index (χ1n) is 9.46. The van der Waals surface area contributed by atoms with Crippen LogP contribution in [-0.4, -0.2) is 79.9 Å². The average Bonchev–Trinajstić information content (AvgIpc) is 2.67. The average molecular weight is 444 g/mol. The van der Waals surface area contributed by atoms with Gasteiger partial charge in [0, 0.05) is 25.6 Å². The molecule has 1 aromatic carbocycles. The predicted octanol–water partition coefficient (Wildman–Crippen LogP) is -0.663. The van der Waals surface area contributed by atoms with Crippen LogP contribution in [0.25, 0.3) is 0 Å². The zero-order valence-corrected chi connectivity index (χ0v) is 17.7. The van der Waals surface area contributed by atoms with E-state index in [0.717, 1.165) is 12.7 Å². The molecule has 30 heavy (non-hydrogen) atoms. The number of sulfonamides is 1. The van der Waals surface area contributed by atoms with Gasteiger partial charge in [0.05, 0.1) is 18.9 Å². The van der Waals surface area contributed by atoms with Crippen molar-refractivity contribution < 1.29 is 33.0 Å². The number of aliphatic hydroxyl groups is 1. The van der Waals surface area contributed by atoms with E-state index in [4.69, 9.17) is 9.90 Å². The first-order valence-corrected chi connectivity index (χ1v) is 11.4. The minimum atomic E-state index is -3.45. The van der Waals surface area contributed by atoms with Gasteiger partial charge >= 0.3 is 0 Å². The molecule has 0 saturated carbocycles. The van der Waals surface area contributed by atoms with Crippen molar-refractivity contribution >= 4 is 28.3 Å². The molecular formula is C19H29N3O7S. The van der Waals surface area contributed by atoms with E-state index in [1.54, 1.807) is 4.90 Å². The van der Waals surface area contributed by atoms with Gasteiger partial charge in [-0.2, -0.15) is 0 Å². The van der Waals surface area contributed by atoms with E-state index in [1.165, 1.54) is 5.56 Å². The quantitative estimate of drug-likeness (QED) is 0.389. The molecule has 1 fully saturated rings. The normalized spacial score (nSPS) is 18.7. The van der Waals surface area contributed by atoms with Gasteiger partial charge in [0.25, 0.3) is 6.47 Å². The molecule has 4 N–H and O–H groups in total. The summed E-state index contributed by atoms with van der Waals surface area (Å²) in [5, 5.41) is 19.6. The Labute approximate surface area is 176 Å². The molecule has 1 aromatic rings. The fourth-order valence-electron chi connectivity index (χ4n) is 3.10. The van der Waals surface area contributed by atoms with Gasteiger partial charge in [0.2, 0.25) is 21.8 Å². The second-order valence-corrected chi connectivity index (χ2v) is 8.82. The smallest absolute Gasteiger partial charge is 0.290 e. The number of hydrogen-bond acceptors (Lipinski definition) is 6. The number of benzene rings is 1. The van der Waals surface area contributed by atoms with Crippen molar-refractivity contribution in [1.29, 1.82) is 0 Å². The lowest BCUT2D eigenvalue weighted by molar-refractivity contribution is -0.136. The maximum absolute atomic E-state index is 12.4. The maximum Gasteiger partial charge on any atom is 0.290 e. The van der Waals surface area contributed by atoms with E-state index < -0.39 is 28.1 Å². The minimum Gasteiger partial charge on any atom is -0.483 e. The monoisotopic (exact) mass is 443 g/mol. The highest BCUT2D eigenvalue weighted by Crippen LogP contribution is 2.14. The van der Waals surface area contributed by atoms with Gasteiger partial charge in [0.15, 0.2) is 0 Å². The summed E-state index contributed by atoms with van der Waals surface area (Å²) in [6.45, 7) is -0.0551. The number of piperidine rings is 1. The topological polar surface area (TPSA) is 153 Å². The summed E-state index contributed by atoms with van der Waals surface area (Å²) in [5.41, 5.74) is 1.17. The van der Waals surface area contributed by atoms with Gasteiger partial charge in [-0.3, -0.25) is 14.4 Å².